The largest absolute Gasteiger partial charge is 0.348 e. The molecule has 0 saturated carbocycles. The zero-order valence-electron chi connectivity index (χ0n) is 12.7. The number of rotatable bonds is 4. The Morgan fingerprint density at radius 1 is 1.23 bits per heavy atom. The van der Waals surface area contributed by atoms with Gasteiger partial charge in [0.05, 0.1) is 5.52 Å². The Balaban J connectivity index is 1.76. The van der Waals surface area contributed by atoms with Crippen LogP contribution in [-0.2, 0) is 13.1 Å². The first-order valence-corrected chi connectivity index (χ1v) is 7.35. The van der Waals surface area contributed by atoms with Crippen LogP contribution in [0.3, 0.4) is 0 Å². The van der Waals surface area contributed by atoms with Gasteiger partial charge in [-0.05, 0) is 43.2 Å². The van der Waals surface area contributed by atoms with Gasteiger partial charge in [-0.3, -0.25) is 4.79 Å². The maximum atomic E-state index is 12.3. The molecule has 5 nitrogen and oxygen atoms in total. The number of fused-ring (bicyclic) bond motifs is 1. The Bertz CT molecular complexity index is 822. The number of amides is 1. The van der Waals surface area contributed by atoms with Gasteiger partial charge in [-0.1, -0.05) is 29.5 Å². The molecular formula is C17H18N4O. The molecule has 2 aromatic carbocycles. The quantitative estimate of drug-likeness (QED) is 0.805. The summed E-state index contributed by atoms with van der Waals surface area (Å²) < 4.78 is 1.81. The molecule has 0 aliphatic heterocycles. The molecule has 5 heteroatoms. The Labute approximate surface area is 129 Å². The van der Waals surface area contributed by atoms with Gasteiger partial charge in [0, 0.05) is 18.7 Å². The van der Waals surface area contributed by atoms with E-state index in [1.165, 1.54) is 5.56 Å². The van der Waals surface area contributed by atoms with E-state index in [2.05, 4.69) is 15.6 Å². The first-order valence-electron chi connectivity index (χ1n) is 7.35. The normalized spacial score (nSPS) is 10.8. The smallest absolute Gasteiger partial charge is 0.251 e. The Hall–Kier alpha value is -2.69. The van der Waals surface area contributed by atoms with E-state index < -0.39 is 0 Å². The minimum absolute atomic E-state index is 0.101. The summed E-state index contributed by atoms with van der Waals surface area (Å²) in [5, 5.41) is 11.1. The number of aromatic nitrogens is 3. The van der Waals surface area contributed by atoms with Crippen LogP contribution < -0.4 is 5.32 Å². The van der Waals surface area contributed by atoms with Crippen molar-refractivity contribution in [2.24, 2.45) is 0 Å². The van der Waals surface area contributed by atoms with Gasteiger partial charge in [0.2, 0.25) is 0 Å². The zero-order valence-corrected chi connectivity index (χ0v) is 12.7. The van der Waals surface area contributed by atoms with Crippen LogP contribution in [0.1, 0.15) is 28.4 Å². The molecule has 3 aromatic rings. The van der Waals surface area contributed by atoms with E-state index in [9.17, 15) is 4.79 Å². The van der Waals surface area contributed by atoms with Gasteiger partial charge in [0.25, 0.3) is 5.91 Å². The summed E-state index contributed by atoms with van der Waals surface area (Å²) in [5.74, 6) is -0.101. The van der Waals surface area contributed by atoms with Crippen molar-refractivity contribution in [3.63, 3.8) is 0 Å². The van der Waals surface area contributed by atoms with Crippen LogP contribution in [0.25, 0.3) is 11.0 Å². The van der Waals surface area contributed by atoms with Crippen molar-refractivity contribution in [1.82, 2.24) is 20.3 Å². The van der Waals surface area contributed by atoms with Crippen LogP contribution >= 0.6 is 0 Å². The molecule has 112 valence electrons. The van der Waals surface area contributed by atoms with Crippen LogP contribution in [0, 0.1) is 6.92 Å². The zero-order chi connectivity index (χ0) is 15.5. The summed E-state index contributed by atoms with van der Waals surface area (Å²) in [6.45, 7) is 5.33. The molecule has 1 aromatic heterocycles. The number of benzene rings is 2. The van der Waals surface area contributed by atoms with E-state index in [1.54, 1.807) is 6.07 Å². The molecule has 22 heavy (non-hydrogen) atoms. The molecule has 0 aliphatic rings. The molecule has 0 bridgehead atoms. The first-order chi connectivity index (χ1) is 10.7. The monoisotopic (exact) mass is 294 g/mol. The highest BCUT2D eigenvalue weighted by atomic mass is 16.1. The van der Waals surface area contributed by atoms with E-state index in [1.807, 2.05) is 54.9 Å². The van der Waals surface area contributed by atoms with Crippen molar-refractivity contribution in [2.75, 3.05) is 0 Å². The van der Waals surface area contributed by atoms with E-state index in [4.69, 9.17) is 0 Å². The molecule has 0 aliphatic carbocycles. The standard InChI is InChI=1S/C17H18N4O/c1-3-21-16-9-8-13(10-15(16)19-20-21)17(22)18-11-14-7-5-4-6-12(14)2/h4-10H,3,11H2,1-2H3,(H,18,22). The Kier molecular flexibility index (Phi) is 3.87. The number of aryl methyl sites for hydroxylation is 2. The number of nitrogens with one attached hydrogen (secondary N) is 1. The molecule has 0 saturated heterocycles. The highest BCUT2D eigenvalue weighted by Crippen LogP contribution is 2.14. The van der Waals surface area contributed by atoms with Gasteiger partial charge in [0.15, 0.2) is 0 Å². The fourth-order valence-electron chi connectivity index (χ4n) is 2.43. The van der Waals surface area contributed by atoms with E-state index >= 15 is 0 Å². The predicted octanol–water partition coefficient (Wildman–Crippen LogP) is 2.69. The molecule has 1 N–H and O–H groups in total. The highest BCUT2D eigenvalue weighted by Gasteiger charge is 2.10. The molecule has 0 fully saturated rings. The van der Waals surface area contributed by atoms with Crippen molar-refractivity contribution in [3.05, 3.63) is 59.2 Å². The predicted molar refractivity (Wildman–Crippen MR) is 85.6 cm³/mol. The Morgan fingerprint density at radius 2 is 2.05 bits per heavy atom. The van der Waals surface area contributed by atoms with Gasteiger partial charge in [-0.2, -0.15) is 0 Å². The van der Waals surface area contributed by atoms with E-state index in [0.29, 0.717) is 12.1 Å². The van der Waals surface area contributed by atoms with Crippen molar-refractivity contribution in [1.29, 1.82) is 0 Å². The fraction of sp³-hybridized carbons (Fsp3) is 0.235. The van der Waals surface area contributed by atoms with Crippen LogP contribution in [-0.4, -0.2) is 20.9 Å². The van der Waals surface area contributed by atoms with Crippen LogP contribution in [0.15, 0.2) is 42.5 Å². The maximum absolute atomic E-state index is 12.3. The Morgan fingerprint density at radius 3 is 2.82 bits per heavy atom. The number of carbonyl (C=O) groups excluding carboxylic acids is 1. The van der Waals surface area contributed by atoms with Crippen molar-refractivity contribution < 1.29 is 4.79 Å². The number of nitrogens with zero attached hydrogens (tertiary/aromatic N) is 3. The highest BCUT2D eigenvalue weighted by molar-refractivity contribution is 5.97. The molecule has 3 rings (SSSR count). The van der Waals surface area contributed by atoms with Crippen LogP contribution in [0.4, 0.5) is 0 Å². The summed E-state index contributed by atoms with van der Waals surface area (Å²) in [7, 11) is 0. The molecule has 0 unspecified atom stereocenters. The third-order valence-electron chi connectivity index (χ3n) is 3.78. The van der Waals surface area contributed by atoms with Gasteiger partial charge in [-0.25, -0.2) is 4.68 Å². The van der Waals surface area contributed by atoms with Crippen molar-refractivity contribution in [2.45, 2.75) is 26.9 Å². The third-order valence-corrected chi connectivity index (χ3v) is 3.78. The molecular weight excluding hydrogens is 276 g/mol. The minimum atomic E-state index is -0.101. The van der Waals surface area contributed by atoms with Crippen molar-refractivity contribution >= 4 is 16.9 Å². The second-order valence-corrected chi connectivity index (χ2v) is 5.22. The molecule has 0 radical (unpaired) electrons. The van der Waals surface area contributed by atoms with Gasteiger partial charge < -0.3 is 5.32 Å². The average molecular weight is 294 g/mol. The summed E-state index contributed by atoms with van der Waals surface area (Å²) in [4.78, 5) is 12.3. The van der Waals surface area contributed by atoms with Crippen LogP contribution in [0.5, 0.6) is 0 Å². The lowest BCUT2D eigenvalue weighted by Crippen LogP contribution is -2.23. The average Bonchev–Trinajstić information content (AvgIpc) is 2.96. The summed E-state index contributed by atoms with van der Waals surface area (Å²) >= 11 is 0. The number of hydrogen-bond donors (Lipinski definition) is 1. The maximum Gasteiger partial charge on any atom is 0.251 e. The van der Waals surface area contributed by atoms with Gasteiger partial charge in [0.1, 0.15) is 5.52 Å². The minimum Gasteiger partial charge on any atom is -0.348 e. The molecule has 1 amide bonds. The topological polar surface area (TPSA) is 59.8 Å². The second-order valence-electron chi connectivity index (χ2n) is 5.22. The third kappa shape index (κ3) is 2.70. The molecule has 0 atom stereocenters. The number of carbonyl (C=O) groups is 1. The van der Waals surface area contributed by atoms with Crippen molar-refractivity contribution in [3.8, 4) is 0 Å². The summed E-state index contributed by atoms with van der Waals surface area (Å²) in [5.41, 5.74) is 4.57. The molecule has 0 spiro atoms. The lowest BCUT2D eigenvalue weighted by atomic mass is 10.1. The van der Waals surface area contributed by atoms with Gasteiger partial charge >= 0.3 is 0 Å². The second kappa shape index (κ2) is 5.97. The fourth-order valence-corrected chi connectivity index (χ4v) is 2.43. The lowest BCUT2D eigenvalue weighted by molar-refractivity contribution is 0.0951. The molecule has 1 heterocycles. The van der Waals surface area contributed by atoms with Crippen LogP contribution in [0.2, 0.25) is 0 Å². The van der Waals surface area contributed by atoms with E-state index in [-0.39, 0.29) is 5.91 Å². The lowest BCUT2D eigenvalue weighted by Gasteiger charge is -2.08. The summed E-state index contributed by atoms with van der Waals surface area (Å²) in [6, 6.07) is 13.5. The van der Waals surface area contributed by atoms with Gasteiger partial charge in [-0.15, -0.1) is 5.10 Å². The van der Waals surface area contributed by atoms with E-state index in [0.717, 1.165) is 23.1 Å². The SMILES string of the molecule is CCn1nnc2cc(C(=O)NCc3ccccc3C)ccc21. The number of hydrogen-bond acceptors (Lipinski definition) is 3. The summed E-state index contributed by atoms with van der Waals surface area (Å²) in [6.07, 6.45) is 0. The first kappa shape index (κ1) is 14.3.